The quantitative estimate of drug-likeness (QED) is 0.557. The van der Waals surface area contributed by atoms with Gasteiger partial charge in [-0.2, -0.15) is 8.78 Å². The first-order valence-electron chi connectivity index (χ1n) is 10.5. The number of hydrogen-bond acceptors (Lipinski definition) is 7. The molecule has 2 aliphatic rings. The lowest BCUT2D eigenvalue weighted by Crippen LogP contribution is -2.27. The molecule has 9 nitrogen and oxygen atoms in total. The Morgan fingerprint density at radius 1 is 1.26 bits per heavy atom. The second kappa shape index (κ2) is 8.69. The number of nitrogens with zero attached hydrogens (tertiary/aromatic N) is 3. The summed E-state index contributed by atoms with van der Waals surface area (Å²) in [6.07, 6.45) is 5.50. The van der Waals surface area contributed by atoms with Crippen molar-refractivity contribution in [1.29, 1.82) is 0 Å². The number of aromatic nitrogens is 4. The molecule has 3 atom stereocenters. The van der Waals surface area contributed by atoms with Gasteiger partial charge in [0.1, 0.15) is 0 Å². The number of phosphoric ester groups is 1. The zero-order valence-corrected chi connectivity index (χ0v) is 18.4. The molecule has 0 spiro atoms. The number of fused-ring (bicyclic) bond motifs is 1. The predicted molar refractivity (Wildman–Crippen MR) is 108 cm³/mol. The molecule has 0 bridgehead atoms. The molecule has 2 heterocycles. The summed E-state index contributed by atoms with van der Waals surface area (Å²) in [4.78, 5) is 23.0. The minimum absolute atomic E-state index is 0.180. The Morgan fingerprint density at radius 3 is 2.65 bits per heavy atom. The summed E-state index contributed by atoms with van der Waals surface area (Å²) < 4.78 is 57.1. The summed E-state index contributed by atoms with van der Waals surface area (Å²) in [5.74, 6) is -1.20. The minimum Gasteiger partial charge on any atom is -0.312 e. The fourth-order valence-corrected chi connectivity index (χ4v) is 5.49. The van der Waals surface area contributed by atoms with E-state index in [1.54, 1.807) is 4.57 Å². The van der Waals surface area contributed by atoms with Crippen molar-refractivity contribution in [2.45, 2.75) is 57.1 Å². The van der Waals surface area contributed by atoms with Gasteiger partial charge in [0.25, 0.3) is 5.56 Å². The first kappa shape index (κ1) is 22.5. The van der Waals surface area contributed by atoms with Gasteiger partial charge in [-0.25, -0.2) is 19.1 Å². The van der Waals surface area contributed by atoms with Gasteiger partial charge in [0, 0.05) is 20.3 Å². The monoisotopic (exact) mass is 460 g/mol. The second-order valence-corrected chi connectivity index (χ2v) is 10.1. The van der Waals surface area contributed by atoms with Gasteiger partial charge in [-0.1, -0.05) is 32.1 Å². The third-order valence-electron chi connectivity index (χ3n) is 6.47. The van der Waals surface area contributed by atoms with Crippen molar-refractivity contribution in [2.75, 3.05) is 14.2 Å². The standard InChI is InChI=1S/C19H27F2N4O5P/c1-28-31(27,29-2)30-19(20,21)14-9-13(14)15(8-12-6-4-3-5-7-12)25-11-24-16-17(25)22-10-23-18(16)26/h10-15H,3-9H2,1-2H3,(H,22,23,26)/t13-,14-,15-/m0/s1. The van der Waals surface area contributed by atoms with Crippen LogP contribution in [0.1, 0.15) is 51.0 Å². The van der Waals surface area contributed by atoms with Crippen LogP contribution in [0.15, 0.2) is 17.4 Å². The van der Waals surface area contributed by atoms with E-state index in [1.165, 1.54) is 19.1 Å². The molecular weight excluding hydrogens is 433 g/mol. The molecule has 0 aliphatic heterocycles. The van der Waals surface area contributed by atoms with Crippen LogP contribution >= 0.6 is 7.82 Å². The minimum atomic E-state index is -4.34. The lowest BCUT2D eigenvalue weighted by Gasteiger charge is -2.29. The molecule has 31 heavy (non-hydrogen) atoms. The van der Waals surface area contributed by atoms with Crippen LogP contribution in [-0.4, -0.2) is 39.8 Å². The number of nitrogens with one attached hydrogen (secondary N) is 1. The molecule has 0 aromatic carbocycles. The van der Waals surface area contributed by atoms with Crippen LogP contribution in [0.4, 0.5) is 8.78 Å². The van der Waals surface area contributed by atoms with Gasteiger partial charge in [0.15, 0.2) is 11.2 Å². The average Bonchev–Trinajstić information content (AvgIpc) is 3.46. The van der Waals surface area contributed by atoms with E-state index >= 15 is 0 Å². The number of alkyl halides is 2. The Kier molecular flexibility index (Phi) is 6.31. The number of hydrogen-bond donors (Lipinski definition) is 1. The van der Waals surface area contributed by atoms with Gasteiger partial charge in [-0.15, -0.1) is 0 Å². The normalized spacial score (nSPS) is 23.9. The first-order chi connectivity index (χ1) is 14.8. The van der Waals surface area contributed by atoms with Gasteiger partial charge < -0.3 is 9.55 Å². The van der Waals surface area contributed by atoms with Crippen molar-refractivity contribution in [3.63, 3.8) is 0 Å². The van der Waals surface area contributed by atoms with Crippen LogP contribution in [0, 0.1) is 17.8 Å². The van der Waals surface area contributed by atoms with Gasteiger partial charge >= 0.3 is 13.9 Å². The summed E-state index contributed by atoms with van der Waals surface area (Å²) in [5, 5.41) is 0. The Hall–Kier alpha value is -1.68. The summed E-state index contributed by atoms with van der Waals surface area (Å²) in [7, 11) is -2.35. The number of aromatic amines is 1. The molecule has 4 rings (SSSR count). The smallest absolute Gasteiger partial charge is 0.312 e. The number of imidazole rings is 1. The summed E-state index contributed by atoms with van der Waals surface area (Å²) in [6, 6.07) is -0.327. The summed E-state index contributed by atoms with van der Waals surface area (Å²) >= 11 is 0. The van der Waals surface area contributed by atoms with Gasteiger partial charge in [0.2, 0.25) is 0 Å². The Labute approximate surface area is 178 Å². The van der Waals surface area contributed by atoms with Crippen molar-refractivity contribution in [1.82, 2.24) is 19.5 Å². The maximum absolute atomic E-state index is 14.8. The highest BCUT2D eigenvalue weighted by Gasteiger charge is 2.61. The Balaban J connectivity index is 1.62. The zero-order valence-electron chi connectivity index (χ0n) is 17.5. The third-order valence-corrected chi connectivity index (χ3v) is 7.83. The molecule has 2 saturated carbocycles. The van der Waals surface area contributed by atoms with E-state index in [1.807, 2.05) is 0 Å². The van der Waals surface area contributed by atoms with Crippen LogP contribution in [0.3, 0.4) is 0 Å². The Morgan fingerprint density at radius 2 is 1.97 bits per heavy atom. The number of halogens is 2. The number of H-pyrrole nitrogens is 1. The topological polar surface area (TPSA) is 108 Å². The molecule has 0 unspecified atom stereocenters. The van der Waals surface area contributed by atoms with Crippen molar-refractivity contribution >= 4 is 19.0 Å². The van der Waals surface area contributed by atoms with E-state index < -0.39 is 25.8 Å². The molecule has 0 saturated heterocycles. The SMILES string of the molecule is COP(=O)(OC)OC(F)(F)[C@H]1C[C@@H]1[C@H](CC1CCCCC1)n1cnc2c(=O)[nH]cnc21. The fraction of sp³-hybridized carbons (Fsp3) is 0.737. The van der Waals surface area contributed by atoms with Crippen LogP contribution < -0.4 is 5.56 Å². The molecule has 2 aliphatic carbocycles. The molecule has 172 valence electrons. The van der Waals surface area contributed by atoms with Crippen molar-refractivity contribution in [2.24, 2.45) is 17.8 Å². The van der Waals surface area contributed by atoms with Crippen molar-refractivity contribution < 1.29 is 26.9 Å². The van der Waals surface area contributed by atoms with Crippen LogP contribution in [0.5, 0.6) is 0 Å². The largest absolute Gasteiger partial charge is 0.479 e. The zero-order chi connectivity index (χ0) is 22.2. The van der Waals surface area contributed by atoms with Crippen LogP contribution in [0.25, 0.3) is 11.2 Å². The number of rotatable bonds is 9. The fourth-order valence-electron chi connectivity index (χ4n) is 4.76. The lowest BCUT2D eigenvalue weighted by molar-refractivity contribution is -0.208. The van der Waals surface area contributed by atoms with E-state index in [2.05, 4.69) is 28.5 Å². The highest BCUT2D eigenvalue weighted by atomic mass is 31.2. The maximum Gasteiger partial charge on any atom is 0.479 e. The van der Waals surface area contributed by atoms with E-state index in [4.69, 9.17) is 0 Å². The molecule has 1 N–H and O–H groups in total. The maximum atomic E-state index is 14.8. The molecule has 12 heteroatoms. The molecule has 2 aromatic rings. The highest BCUT2D eigenvalue weighted by Crippen LogP contribution is 2.62. The van der Waals surface area contributed by atoms with Gasteiger partial charge in [-0.3, -0.25) is 13.8 Å². The van der Waals surface area contributed by atoms with Crippen molar-refractivity contribution in [3.8, 4) is 0 Å². The van der Waals surface area contributed by atoms with Crippen molar-refractivity contribution in [3.05, 3.63) is 23.0 Å². The molecule has 2 fully saturated rings. The summed E-state index contributed by atoms with van der Waals surface area (Å²) in [6.45, 7) is 0. The van der Waals surface area contributed by atoms with Crippen LogP contribution in [0.2, 0.25) is 0 Å². The van der Waals surface area contributed by atoms with E-state index in [-0.39, 0.29) is 23.5 Å². The predicted octanol–water partition coefficient (Wildman–Crippen LogP) is 4.28. The molecular formula is C19H27F2N4O5P. The van der Waals surface area contributed by atoms with Gasteiger partial charge in [-0.05, 0) is 24.7 Å². The highest BCUT2D eigenvalue weighted by molar-refractivity contribution is 7.48. The molecule has 2 aromatic heterocycles. The average molecular weight is 460 g/mol. The molecule has 0 radical (unpaired) electrons. The first-order valence-corrected chi connectivity index (χ1v) is 11.9. The Bertz CT molecular complexity index is 1010. The van der Waals surface area contributed by atoms with Crippen LogP contribution in [-0.2, 0) is 18.1 Å². The summed E-state index contributed by atoms with van der Waals surface area (Å²) in [5.41, 5.74) is 0.181. The third kappa shape index (κ3) is 4.60. The number of phosphoric acid groups is 1. The second-order valence-electron chi connectivity index (χ2n) is 8.33. The lowest BCUT2D eigenvalue weighted by atomic mass is 9.83. The van der Waals surface area contributed by atoms with E-state index in [0.717, 1.165) is 39.9 Å². The molecule has 0 amide bonds. The van der Waals surface area contributed by atoms with Gasteiger partial charge in [0.05, 0.1) is 18.6 Å². The van der Waals surface area contributed by atoms with E-state index in [0.29, 0.717) is 18.0 Å². The van der Waals surface area contributed by atoms with E-state index in [9.17, 15) is 18.1 Å².